The fourth-order valence-electron chi connectivity index (χ4n) is 1.33. The zero-order valence-electron chi connectivity index (χ0n) is 9.36. The number of primary sulfonamides is 1. The van der Waals surface area contributed by atoms with Gasteiger partial charge in [0.15, 0.2) is 0 Å². The predicted octanol–water partition coefficient (Wildman–Crippen LogP) is 0.452. The number of rotatable bonds is 5. The average Bonchev–Trinajstić information content (AvgIpc) is 2.24. The van der Waals surface area contributed by atoms with Crippen molar-refractivity contribution < 1.29 is 13.2 Å². The molecule has 0 aliphatic rings. The van der Waals surface area contributed by atoms with Gasteiger partial charge in [-0.2, -0.15) is 0 Å². The predicted molar refractivity (Wildman–Crippen MR) is 61.7 cm³/mol. The third-order valence-electron chi connectivity index (χ3n) is 2.11. The molecule has 0 unspecified atom stereocenters. The Balaban J connectivity index is 3.07. The zero-order valence-corrected chi connectivity index (χ0v) is 10.2. The Morgan fingerprint density at radius 3 is 2.62 bits per heavy atom. The molecule has 0 atom stereocenters. The van der Waals surface area contributed by atoms with E-state index in [1.165, 1.54) is 13.2 Å². The summed E-state index contributed by atoms with van der Waals surface area (Å²) in [7, 11) is -2.31. The smallest absolute Gasteiger partial charge is 0.241 e. The minimum absolute atomic E-state index is 0.00949. The molecule has 0 heterocycles. The second kappa shape index (κ2) is 5.29. The SMILES string of the molecule is CCNCc1ccc(S(N)(=O)=O)c(OC)c1. The summed E-state index contributed by atoms with van der Waals surface area (Å²) in [5.74, 6) is 0.276. The Morgan fingerprint density at radius 2 is 2.12 bits per heavy atom. The maximum absolute atomic E-state index is 11.2. The van der Waals surface area contributed by atoms with Gasteiger partial charge in [-0.1, -0.05) is 13.0 Å². The van der Waals surface area contributed by atoms with E-state index in [0.29, 0.717) is 6.54 Å². The number of hydrogen-bond acceptors (Lipinski definition) is 4. The monoisotopic (exact) mass is 244 g/mol. The fourth-order valence-corrected chi connectivity index (χ4v) is 2.01. The van der Waals surface area contributed by atoms with Crippen molar-refractivity contribution in [3.63, 3.8) is 0 Å². The molecule has 90 valence electrons. The number of ether oxygens (including phenoxy) is 1. The van der Waals surface area contributed by atoms with Gasteiger partial charge in [0.2, 0.25) is 10.0 Å². The van der Waals surface area contributed by atoms with Crippen LogP contribution in [0.2, 0.25) is 0 Å². The van der Waals surface area contributed by atoms with Crippen molar-refractivity contribution in [2.45, 2.75) is 18.4 Å². The lowest BCUT2D eigenvalue weighted by molar-refractivity contribution is 0.402. The van der Waals surface area contributed by atoms with Gasteiger partial charge in [-0.3, -0.25) is 0 Å². The van der Waals surface area contributed by atoms with Gasteiger partial charge in [-0.25, -0.2) is 13.6 Å². The Labute approximate surface area is 95.7 Å². The Hall–Kier alpha value is -1.11. The highest BCUT2D eigenvalue weighted by Gasteiger charge is 2.14. The number of benzene rings is 1. The highest BCUT2D eigenvalue weighted by atomic mass is 32.2. The molecule has 6 heteroatoms. The van der Waals surface area contributed by atoms with Gasteiger partial charge in [0, 0.05) is 6.54 Å². The summed E-state index contributed by atoms with van der Waals surface area (Å²) in [4.78, 5) is 0.00949. The molecule has 3 N–H and O–H groups in total. The van der Waals surface area contributed by atoms with Gasteiger partial charge < -0.3 is 10.1 Å². The minimum Gasteiger partial charge on any atom is -0.495 e. The molecular formula is C10H16N2O3S. The summed E-state index contributed by atoms with van der Waals surface area (Å²) in [6.45, 7) is 3.51. The Bertz CT molecular complexity index is 457. The van der Waals surface area contributed by atoms with E-state index < -0.39 is 10.0 Å². The summed E-state index contributed by atoms with van der Waals surface area (Å²) in [5.41, 5.74) is 0.950. The van der Waals surface area contributed by atoms with E-state index in [-0.39, 0.29) is 10.6 Å². The topological polar surface area (TPSA) is 81.4 Å². The third kappa shape index (κ3) is 3.19. The van der Waals surface area contributed by atoms with Crippen molar-refractivity contribution in [2.75, 3.05) is 13.7 Å². The van der Waals surface area contributed by atoms with Crippen LogP contribution in [0.3, 0.4) is 0 Å². The Kier molecular flexibility index (Phi) is 4.28. The molecular weight excluding hydrogens is 228 g/mol. The molecule has 0 aliphatic carbocycles. The molecule has 1 rings (SSSR count). The van der Waals surface area contributed by atoms with E-state index in [1.54, 1.807) is 12.1 Å². The molecule has 0 aromatic heterocycles. The van der Waals surface area contributed by atoms with E-state index in [0.717, 1.165) is 12.1 Å². The third-order valence-corrected chi connectivity index (χ3v) is 3.06. The van der Waals surface area contributed by atoms with Gasteiger partial charge in [-0.05, 0) is 24.2 Å². The van der Waals surface area contributed by atoms with Crippen molar-refractivity contribution in [1.82, 2.24) is 5.32 Å². The van der Waals surface area contributed by atoms with Crippen molar-refractivity contribution in [3.05, 3.63) is 23.8 Å². The molecule has 0 spiro atoms. The first kappa shape index (κ1) is 13.0. The van der Waals surface area contributed by atoms with Crippen molar-refractivity contribution in [3.8, 4) is 5.75 Å². The van der Waals surface area contributed by atoms with Crippen LogP contribution >= 0.6 is 0 Å². The maximum Gasteiger partial charge on any atom is 0.241 e. The van der Waals surface area contributed by atoms with Crippen molar-refractivity contribution in [2.24, 2.45) is 5.14 Å². The van der Waals surface area contributed by atoms with Crippen LogP contribution in [0, 0.1) is 0 Å². The molecule has 0 amide bonds. The highest BCUT2D eigenvalue weighted by molar-refractivity contribution is 7.89. The van der Waals surface area contributed by atoms with Gasteiger partial charge in [0.1, 0.15) is 10.6 Å². The molecule has 0 saturated heterocycles. The van der Waals surface area contributed by atoms with Gasteiger partial charge in [0.05, 0.1) is 7.11 Å². The molecule has 16 heavy (non-hydrogen) atoms. The standard InChI is InChI=1S/C10H16N2O3S/c1-3-12-7-8-4-5-10(16(11,13)14)9(6-8)15-2/h4-6,12H,3,7H2,1-2H3,(H2,11,13,14). The van der Waals surface area contributed by atoms with Gasteiger partial charge >= 0.3 is 0 Å². The molecule has 0 radical (unpaired) electrons. The molecule has 0 fully saturated rings. The van der Waals surface area contributed by atoms with Crippen LogP contribution in [0.25, 0.3) is 0 Å². The fraction of sp³-hybridized carbons (Fsp3) is 0.400. The largest absolute Gasteiger partial charge is 0.495 e. The van der Waals surface area contributed by atoms with Crippen LogP contribution in [0.4, 0.5) is 0 Å². The average molecular weight is 244 g/mol. The Morgan fingerprint density at radius 1 is 1.44 bits per heavy atom. The van der Waals surface area contributed by atoms with Crippen molar-refractivity contribution in [1.29, 1.82) is 0 Å². The van der Waals surface area contributed by atoms with E-state index in [2.05, 4.69) is 5.32 Å². The van der Waals surface area contributed by atoms with E-state index in [4.69, 9.17) is 9.88 Å². The highest BCUT2D eigenvalue weighted by Crippen LogP contribution is 2.23. The lowest BCUT2D eigenvalue weighted by Gasteiger charge is -2.09. The zero-order chi connectivity index (χ0) is 12.2. The minimum atomic E-state index is -3.73. The van der Waals surface area contributed by atoms with Crippen LogP contribution < -0.4 is 15.2 Å². The van der Waals surface area contributed by atoms with Gasteiger partial charge in [0.25, 0.3) is 0 Å². The van der Waals surface area contributed by atoms with Crippen molar-refractivity contribution >= 4 is 10.0 Å². The quantitative estimate of drug-likeness (QED) is 0.788. The number of nitrogens with two attached hydrogens (primary N) is 1. The second-order valence-electron chi connectivity index (χ2n) is 3.31. The van der Waals surface area contributed by atoms with E-state index in [9.17, 15) is 8.42 Å². The number of sulfonamides is 1. The number of hydrogen-bond donors (Lipinski definition) is 2. The number of methoxy groups -OCH3 is 1. The molecule has 0 saturated carbocycles. The second-order valence-corrected chi connectivity index (χ2v) is 4.84. The maximum atomic E-state index is 11.2. The summed E-state index contributed by atoms with van der Waals surface area (Å²) < 4.78 is 27.4. The molecule has 1 aromatic rings. The summed E-state index contributed by atoms with van der Waals surface area (Å²) >= 11 is 0. The van der Waals surface area contributed by atoms with E-state index >= 15 is 0 Å². The summed E-state index contributed by atoms with van der Waals surface area (Å²) in [6.07, 6.45) is 0. The number of nitrogens with one attached hydrogen (secondary N) is 1. The first-order chi connectivity index (χ1) is 7.49. The lowest BCUT2D eigenvalue weighted by atomic mass is 10.2. The van der Waals surface area contributed by atoms with Crippen LogP contribution in [0.15, 0.2) is 23.1 Å². The lowest BCUT2D eigenvalue weighted by Crippen LogP contribution is -2.15. The normalized spacial score (nSPS) is 11.4. The first-order valence-corrected chi connectivity index (χ1v) is 6.44. The van der Waals surface area contributed by atoms with E-state index in [1.807, 2.05) is 6.92 Å². The summed E-state index contributed by atoms with van der Waals surface area (Å²) in [6, 6.07) is 4.84. The first-order valence-electron chi connectivity index (χ1n) is 4.89. The molecule has 0 bridgehead atoms. The van der Waals surface area contributed by atoms with Crippen LogP contribution in [0.1, 0.15) is 12.5 Å². The molecule has 1 aromatic carbocycles. The summed E-state index contributed by atoms with van der Waals surface area (Å²) in [5, 5.41) is 8.20. The van der Waals surface area contributed by atoms with Crippen LogP contribution in [0.5, 0.6) is 5.75 Å². The molecule has 5 nitrogen and oxygen atoms in total. The van der Waals surface area contributed by atoms with Crippen LogP contribution in [-0.4, -0.2) is 22.1 Å². The van der Waals surface area contributed by atoms with Crippen LogP contribution in [-0.2, 0) is 16.6 Å². The molecule has 0 aliphatic heterocycles. The van der Waals surface area contributed by atoms with Gasteiger partial charge in [-0.15, -0.1) is 0 Å².